The van der Waals surface area contributed by atoms with Gasteiger partial charge < -0.3 is 35.4 Å². The number of carboxylic acid groups (broad SMARTS) is 2. The Morgan fingerprint density at radius 2 is 1.48 bits per heavy atom. The molecular formula is C15H16O10. The predicted octanol–water partition coefficient (Wildman–Crippen LogP) is -1.43. The van der Waals surface area contributed by atoms with Gasteiger partial charge in [0.1, 0.15) is 18.0 Å². The molecule has 136 valence electrons. The standard InChI is InChI=1S/C15H16O10/c16-8-4-1-7(2-5-8)3-6-9(17)25-13(15(23)24)11(19)10(18)12(20)14(21)22/h1-6,10-13,16,18-20H,(H,21,22)(H,23,24)/t10-,11+,12+,13-/m1/s1. The molecule has 0 fully saturated rings. The molecule has 4 atom stereocenters. The molecule has 0 heterocycles. The highest BCUT2D eigenvalue weighted by Gasteiger charge is 2.40. The van der Waals surface area contributed by atoms with Gasteiger partial charge in [-0.2, -0.15) is 0 Å². The molecule has 6 N–H and O–H groups in total. The van der Waals surface area contributed by atoms with Gasteiger partial charge in [0.2, 0.25) is 6.10 Å². The largest absolute Gasteiger partial charge is 0.508 e. The number of phenolic OH excluding ortho intramolecular Hbond substituents is 1. The molecule has 0 spiro atoms. The average Bonchev–Trinajstić information content (AvgIpc) is 2.56. The summed E-state index contributed by atoms with van der Waals surface area (Å²) in [6, 6.07) is 5.60. The van der Waals surface area contributed by atoms with Gasteiger partial charge in [-0.05, 0) is 23.8 Å². The third-order valence-electron chi connectivity index (χ3n) is 3.03. The van der Waals surface area contributed by atoms with Gasteiger partial charge in [-0.25, -0.2) is 14.4 Å². The van der Waals surface area contributed by atoms with Gasteiger partial charge in [-0.1, -0.05) is 12.1 Å². The first-order chi connectivity index (χ1) is 11.6. The Hall–Kier alpha value is -2.95. The number of phenols is 1. The Morgan fingerprint density at radius 3 is 1.96 bits per heavy atom. The zero-order chi connectivity index (χ0) is 19.1. The molecule has 1 aromatic rings. The van der Waals surface area contributed by atoms with E-state index in [1.807, 2.05) is 0 Å². The lowest BCUT2D eigenvalue weighted by atomic mass is 10.0. The molecule has 0 unspecified atom stereocenters. The minimum absolute atomic E-state index is 0.000217. The summed E-state index contributed by atoms with van der Waals surface area (Å²) >= 11 is 0. The van der Waals surface area contributed by atoms with E-state index in [1.165, 1.54) is 30.3 Å². The van der Waals surface area contributed by atoms with Gasteiger partial charge in [-0.15, -0.1) is 0 Å². The third-order valence-corrected chi connectivity index (χ3v) is 3.03. The normalized spacial score (nSPS) is 16.0. The molecule has 10 nitrogen and oxygen atoms in total. The molecule has 0 aromatic heterocycles. The molecule has 1 aromatic carbocycles. The molecule has 0 bridgehead atoms. The maximum atomic E-state index is 11.6. The van der Waals surface area contributed by atoms with Crippen LogP contribution in [0.2, 0.25) is 0 Å². The first-order valence-corrected chi connectivity index (χ1v) is 6.81. The molecule has 10 heteroatoms. The van der Waals surface area contributed by atoms with Crippen molar-refractivity contribution in [3.8, 4) is 5.75 Å². The predicted molar refractivity (Wildman–Crippen MR) is 80.3 cm³/mol. The van der Waals surface area contributed by atoms with E-state index in [4.69, 9.17) is 20.4 Å². The van der Waals surface area contributed by atoms with E-state index in [0.29, 0.717) is 5.56 Å². The summed E-state index contributed by atoms with van der Waals surface area (Å²) in [5, 5.41) is 54.8. The van der Waals surface area contributed by atoms with Crippen molar-refractivity contribution in [2.45, 2.75) is 24.4 Å². The smallest absolute Gasteiger partial charge is 0.347 e. The van der Waals surface area contributed by atoms with Crippen LogP contribution in [0.25, 0.3) is 6.08 Å². The summed E-state index contributed by atoms with van der Waals surface area (Å²) in [5.41, 5.74) is 0.475. The molecule has 0 aliphatic rings. The lowest BCUT2D eigenvalue weighted by Crippen LogP contribution is -2.51. The highest BCUT2D eigenvalue weighted by molar-refractivity contribution is 5.89. The number of carbonyl (C=O) groups excluding carboxylic acids is 1. The summed E-state index contributed by atoms with van der Waals surface area (Å²) in [6.45, 7) is 0. The fourth-order valence-corrected chi connectivity index (χ4v) is 1.69. The van der Waals surface area contributed by atoms with Gasteiger partial charge in [0.15, 0.2) is 6.10 Å². The van der Waals surface area contributed by atoms with Crippen LogP contribution < -0.4 is 0 Å². The zero-order valence-corrected chi connectivity index (χ0v) is 12.6. The number of aliphatic hydroxyl groups is 3. The highest BCUT2D eigenvalue weighted by Crippen LogP contribution is 2.12. The molecule has 0 radical (unpaired) electrons. The van der Waals surface area contributed by atoms with Gasteiger partial charge in [0.25, 0.3) is 0 Å². The van der Waals surface area contributed by atoms with Crippen LogP contribution in [0, 0.1) is 0 Å². The average molecular weight is 356 g/mol. The van der Waals surface area contributed by atoms with E-state index in [-0.39, 0.29) is 5.75 Å². The van der Waals surface area contributed by atoms with E-state index >= 15 is 0 Å². The van der Waals surface area contributed by atoms with Crippen molar-refractivity contribution >= 4 is 24.0 Å². The molecule has 0 aliphatic carbocycles. The van der Waals surface area contributed by atoms with Crippen LogP contribution >= 0.6 is 0 Å². The molecule has 0 saturated heterocycles. The van der Waals surface area contributed by atoms with E-state index in [1.54, 1.807) is 0 Å². The highest BCUT2D eigenvalue weighted by atomic mass is 16.6. The van der Waals surface area contributed by atoms with Crippen LogP contribution in [-0.2, 0) is 19.1 Å². The van der Waals surface area contributed by atoms with Crippen LogP contribution in [0.15, 0.2) is 30.3 Å². The molecular weight excluding hydrogens is 340 g/mol. The first-order valence-electron chi connectivity index (χ1n) is 6.81. The maximum Gasteiger partial charge on any atom is 0.347 e. The second-order valence-corrected chi connectivity index (χ2v) is 4.88. The van der Waals surface area contributed by atoms with Crippen LogP contribution in [0.1, 0.15) is 5.56 Å². The van der Waals surface area contributed by atoms with Gasteiger partial charge in [0.05, 0.1) is 0 Å². The number of aromatic hydroxyl groups is 1. The van der Waals surface area contributed by atoms with Crippen molar-refractivity contribution in [1.29, 1.82) is 0 Å². The number of aliphatic carboxylic acids is 2. The van der Waals surface area contributed by atoms with Crippen molar-refractivity contribution < 1.29 is 49.8 Å². The quantitative estimate of drug-likeness (QED) is 0.238. The summed E-state index contributed by atoms with van der Waals surface area (Å²) in [7, 11) is 0. The second kappa shape index (κ2) is 8.78. The van der Waals surface area contributed by atoms with Crippen molar-refractivity contribution in [2.24, 2.45) is 0 Å². The fourth-order valence-electron chi connectivity index (χ4n) is 1.69. The summed E-state index contributed by atoms with van der Waals surface area (Å²) in [6.07, 6.45) is -7.49. The number of hydrogen-bond donors (Lipinski definition) is 6. The summed E-state index contributed by atoms with van der Waals surface area (Å²) < 4.78 is 4.48. The molecule has 0 amide bonds. The van der Waals surface area contributed by atoms with E-state index in [0.717, 1.165) is 6.08 Å². The van der Waals surface area contributed by atoms with Crippen LogP contribution in [-0.4, -0.2) is 73.0 Å². The lowest BCUT2D eigenvalue weighted by Gasteiger charge is -2.24. The molecule has 0 aliphatic heterocycles. The third kappa shape index (κ3) is 5.88. The van der Waals surface area contributed by atoms with Crippen molar-refractivity contribution in [3.63, 3.8) is 0 Å². The summed E-state index contributed by atoms with van der Waals surface area (Å²) in [5.74, 6) is -4.94. The molecule has 25 heavy (non-hydrogen) atoms. The van der Waals surface area contributed by atoms with Gasteiger partial charge >= 0.3 is 17.9 Å². The molecule has 1 rings (SSSR count). The van der Waals surface area contributed by atoms with Crippen LogP contribution in [0.3, 0.4) is 0 Å². The maximum absolute atomic E-state index is 11.6. The second-order valence-electron chi connectivity index (χ2n) is 4.88. The number of benzene rings is 1. The van der Waals surface area contributed by atoms with Gasteiger partial charge in [-0.3, -0.25) is 0 Å². The molecule has 0 saturated carbocycles. The number of esters is 1. The number of carboxylic acids is 2. The van der Waals surface area contributed by atoms with E-state index in [2.05, 4.69) is 4.74 Å². The Morgan fingerprint density at radius 1 is 0.920 bits per heavy atom. The first kappa shape index (κ1) is 20.1. The number of hydrogen-bond acceptors (Lipinski definition) is 8. The zero-order valence-electron chi connectivity index (χ0n) is 12.6. The minimum atomic E-state index is -2.47. The fraction of sp³-hybridized carbons (Fsp3) is 0.267. The number of ether oxygens (including phenoxy) is 1. The van der Waals surface area contributed by atoms with E-state index in [9.17, 15) is 24.6 Å². The number of aliphatic hydroxyl groups excluding tert-OH is 3. The Kier molecular flexibility index (Phi) is 7.06. The van der Waals surface area contributed by atoms with Crippen LogP contribution in [0.4, 0.5) is 0 Å². The van der Waals surface area contributed by atoms with Crippen LogP contribution in [0.5, 0.6) is 5.75 Å². The number of carbonyl (C=O) groups is 3. The summed E-state index contributed by atoms with van der Waals surface area (Å²) in [4.78, 5) is 33.2. The van der Waals surface area contributed by atoms with Crippen molar-refractivity contribution in [2.75, 3.05) is 0 Å². The Balaban J connectivity index is 2.79. The topological polar surface area (TPSA) is 182 Å². The van der Waals surface area contributed by atoms with Gasteiger partial charge in [0, 0.05) is 6.08 Å². The lowest BCUT2D eigenvalue weighted by molar-refractivity contribution is -0.182. The van der Waals surface area contributed by atoms with E-state index < -0.39 is 42.3 Å². The Bertz CT molecular complexity index is 651. The Labute approximate surface area is 140 Å². The monoisotopic (exact) mass is 356 g/mol. The number of rotatable bonds is 8. The van der Waals surface area contributed by atoms with Crippen molar-refractivity contribution in [1.82, 2.24) is 0 Å². The SMILES string of the molecule is O=C(C=Cc1ccc(O)cc1)O[C@@H](C(=O)O)[C@@H](O)[C@@H](O)[C@H](O)C(=O)O. The minimum Gasteiger partial charge on any atom is -0.508 e. The van der Waals surface area contributed by atoms with Crippen molar-refractivity contribution in [3.05, 3.63) is 35.9 Å².